The van der Waals surface area contributed by atoms with E-state index in [4.69, 9.17) is 0 Å². The molecule has 9 aromatic rings. The molecule has 0 amide bonds. The highest BCUT2D eigenvalue weighted by atomic mass is 15.1. The molecule has 9 aromatic carbocycles. The summed E-state index contributed by atoms with van der Waals surface area (Å²) in [6.45, 7) is 0. The number of benzene rings is 9. The van der Waals surface area contributed by atoms with Gasteiger partial charge in [-0.05, 0) is 126 Å². The van der Waals surface area contributed by atoms with Crippen molar-refractivity contribution in [1.82, 2.24) is 0 Å². The van der Waals surface area contributed by atoms with E-state index in [1.54, 1.807) is 0 Å². The van der Waals surface area contributed by atoms with Gasteiger partial charge in [0.05, 0.1) is 22.5 Å². The van der Waals surface area contributed by atoms with Crippen LogP contribution in [0.25, 0.3) is 33.4 Å². The molecule has 2 nitrogen and oxygen atoms in total. The largest absolute Gasteiger partial charge is 0.310 e. The van der Waals surface area contributed by atoms with E-state index in [-0.39, 0.29) is 0 Å². The molecule has 2 heteroatoms. The van der Waals surface area contributed by atoms with Gasteiger partial charge in [-0.15, -0.1) is 0 Å². The first-order valence-corrected chi connectivity index (χ1v) is 20.3. The normalized spacial score (nSPS) is 14.0. The highest BCUT2D eigenvalue weighted by Gasteiger charge is 2.52. The van der Waals surface area contributed by atoms with Gasteiger partial charge < -0.3 is 4.90 Å². The van der Waals surface area contributed by atoms with E-state index in [2.05, 4.69) is 217 Å². The molecular weight excluding hydrogens is 713 g/mol. The zero-order valence-corrected chi connectivity index (χ0v) is 32.2. The second kappa shape index (κ2) is 12.6. The first-order chi connectivity index (χ1) is 29.2. The van der Waals surface area contributed by atoms with E-state index < -0.39 is 10.8 Å². The lowest BCUT2D eigenvalue weighted by molar-refractivity contribution is 0.768. The number of nitrogens with zero attached hydrogens (tertiary/aromatic N) is 2. The topological polar surface area (TPSA) is 27.0 Å². The second-order valence-corrected chi connectivity index (χ2v) is 15.9. The van der Waals surface area contributed by atoms with Crippen molar-refractivity contribution in [3.05, 3.63) is 268 Å². The van der Waals surface area contributed by atoms with Crippen LogP contribution in [0.1, 0.15) is 50.1 Å². The SMILES string of the molecule is N#Cc1ccc(N(c2ccc3c(c2)C(c2ccccc2)(c2ccccc2)c2ccccc2-3)c2ccc3c(c2)C2(c4ccccc4-c4ccccc42)c2ccccc2-3)cc1. The summed E-state index contributed by atoms with van der Waals surface area (Å²) in [5, 5.41) is 9.87. The van der Waals surface area contributed by atoms with Crippen LogP contribution in [0, 0.1) is 11.3 Å². The lowest BCUT2D eigenvalue weighted by atomic mass is 9.67. The van der Waals surface area contributed by atoms with Crippen molar-refractivity contribution in [3.8, 4) is 39.4 Å². The van der Waals surface area contributed by atoms with Crippen molar-refractivity contribution in [1.29, 1.82) is 5.26 Å². The van der Waals surface area contributed by atoms with Gasteiger partial charge in [-0.1, -0.05) is 170 Å². The molecule has 3 aliphatic carbocycles. The molecule has 0 fully saturated rings. The predicted molar refractivity (Wildman–Crippen MR) is 239 cm³/mol. The third kappa shape index (κ3) is 4.45. The predicted octanol–water partition coefficient (Wildman–Crippen LogP) is 13.7. The van der Waals surface area contributed by atoms with Gasteiger partial charge in [-0.25, -0.2) is 0 Å². The van der Waals surface area contributed by atoms with Gasteiger partial charge in [-0.3, -0.25) is 0 Å². The zero-order valence-electron chi connectivity index (χ0n) is 32.2. The van der Waals surface area contributed by atoms with Crippen LogP contribution in [0.15, 0.2) is 218 Å². The van der Waals surface area contributed by atoms with Crippen LogP contribution in [-0.2, 0) is 10.8 Å². The van der Waals surface area contributed by atoms with Gasteiger partial charge in [0.25, 0.3) is 0 Å². The minimum atomic E-state index is -0.540. The summed E-state index contributed by atoms with van der Waals surface area (Å²) in [5.41, 5.74) is 20.5. The Kier molecular flexibility index (Phi) is 7.16. The molecule has 1 spiro atoms. The molecule has 0 atom stereocenters. The van der Waals surface area contributed by atoms with Crippen LogP contribution in [0.3, 0.4) is 0 Å². The first-order valence-electron chi connectivity index (χ1n) is 20.3. The van der Waals surface area contributed by atoms with Gasteiger partial charge in [0.1, 0.15) is 0 Å². The van der Waals surface area contributed by atoms with Crippen LogP contribution in [0.4, 0.5) is 17.1 Å². The smallest absolute Gasteiger partial charge is 0.0991 e. The third-order valence-electron chi connectivity index (χ3n) is 13.2. The fourth-order valence-corrected chi connectivity index (χ4v) is 10.9. The average molecular weight is 749 g/mol. The lowest BCUT2D eigenvalue weighted by Crippen LogP contribution is -2.28. The number of fused-ring (bicyclic) bond motifs is 13. The summed E-state index contributed by atoms with van der Waals surface area (Å²) in [6, 6.07) is 82.2. The Morgan fingerprint density at radius 3 is 1.07 bits per heavy atom. The van der Waals surface area contributed by atoms with Crippen molar-refractivity contribution in [2.45, 2.75) is 10.8 Å². The molecule has 0 heterocycles. The van der Waals surface area contributed by atoms with Gasteiger partial charge in [0.15, 0.2) is 0 Å². The van der Waals surface area contributed by atoms with E-state index in [0.29, 0.717) is 5.56 Å². The standard InChI is InChI=1S/C57H36N2/c58-37-38-27-29-41(30-28-38)59(42-31-33-48-46-21-7-11-23-50(46)56(54(48)35-42,39-15-3-1-4-16-39)40-17-5-2-6-18-40)43-32-34-49-47-22-10-14-26-53(47)57(55(49)36-43)51-24-12-8-19-44(51)45-20-9-13-25-52(45)57/h1-36H. The fourth-order valence-electron chi connectivity index (χ4n) is 10.9. The van der Waals surface area contributed by atoms with Crippen LogP contribution in [-0.4, -0.2) is 0 Å². The van der Waals surface area contributed by atoms with E-state index >= 15 is 0 Å². The fraction of sp³-hybridized carbons (Fsp3) is 0.0351. The van der Waals surface area contributed by atoms with Crippen LogP contribution < -0.4 is 4.90 Å². The van der Waals surface area contributed by atoms with E-state index in [1.165, 1.54) is 77.9 Å². The monoisotopic (exact) mass is 748 g/mol. The number of hydrogen-bond acceptors (Lipinski definition) is 2. The first kappa shape index (κ1) is 33.4. The zero-order chi connectivity index (χ0) is 39.1. The summed E-state index contributed by atoms with van der Waals surface area (Å²) in [5.74, 6) is 0. The molecule has 0 unspecified atom stereocenters. The molecule has 3 aliphatic rings. The average Bonchev–Trinajstić information content (AvgIpc) is 3.90. The molecule has 0 N–H and O–H groups in total. The summed E-state index contributed by atoms with van der Waals surface area (Å²) in [4.78, 5) is 2.38. The Morgan fingerprint density at radius 1 is 0.305 bits per heavy atom. The Bertz CT molecular complexity index is 2970. The third-order valence-corrected chi connectivity index (χ3v) is 13.2. The summed E-state index contributed by atoms with van der Waals surface area (Å²) >= 11 is 0. The quantitative estimate of drug-likeness (QED) is 0.175. The van der Waals surface area contributed by atoms with Crippen LogP contribution in [0.2, 0.25) is 0 Å². The minimum absolute atomic E-state index is 0.471. The molecule has 0 radical (unpaired) electrons. The number of rotatable bonds is 5. The number of anilines is 3. The Labute approximate surface area is 344 Å². The van der Waals surface area contributed by atoms with Crippen molar-refractivity contribution in [2.75, 3.05) is 4.90 Å². The summed E-state index contributed by atoms with van der Waals surface area (Å²) < 4.78 is 0. The molecule has 12 rings (SSSR count). The summed E-state index contributed by atoms with van der Waals surface area (Å²) in [6.07, 6.45) is 0. The molecular formula is C57H36N2. The molecule has 0 bridgehead atoms. The van der Waals surface area contributed by atoms with E-state index in [9.17, 15) is 5.26 Å². The maximum absolute atomic E-state index is 9.87. The molecule has 0 aromatic heterocycles. The van der Waals surface area contributed by atoms with Crippen molar-refractivity contribution in [3.63, 3.8) is 0 Å². The van der Waals surface area contributed by atoms with Gasteiger partial charge >= 0.3 is 0 Å². The van der Waals surface area contributed by atoms with Crippen molar-refractivity contribution in [2.24, 2.45) is 0 Å². The lowest BCUT2D eigenvalue weighted by Gasteiger charge is -2.35. The van der Waals surface area contributed by atoms with Gasteiger partial charge in [0, 0.05) is 17.1 Å². The number of hydrogen-bond donors (Lipinski definition) is 0. The maximum atomic E-state index is 9.87. The minimum Gasteiger partial charge on any atom is -0.310 e. The van der Waals surface area contributed by atoms with Crippen molar-refractivity contribution >= 4 is 17.1 Å². The van der Waals surface area contributed by atoms with Gasteiger partial charge in [0.2, 0.25) is 0 Å². The maximum Gasteiger partial charge on any atom is 0.0991 e. The van der Waals surface area contributed by atoms with E-state index in [0.717, 1.165) is 17.1 Å². The van der Waals surface area contributed by atoms with Gasteiger partial charge in [-0.2, -0.15) is 5.26 Å². The Balaban J connectivity index is 1.14. The van der Waals surface area contributed by atoms with Crippen LogP contribution in [0.5, 0.6) is 0 Å². The Hall–Kier alpha value is -7.73. The van der Waals surface area contributed by atoms with Crippen molar-refractivity contribution < 1.29 is 0 Å². The summed E-state index contributed by atoms with van der Waals surface area (Å²) in [7, 11) is 0. The van der Waals surface area contributed by atoms with Crippen LogP contribution >= 0.6 is 0 Å². The number of nitriles is 1. The molecule has 274 valence electrons. The highest BCUT2D eigenvalue weighted by molar-refractivity contribution is 5.97. The Morgan fingerprint density at radius 2 is 0.644 bits per heavy atom. The second-order valence-electron chi connectivity index (χ2n) is 15.9. The molecule has 0 saturated heterocycles. The molecule has 59 heavy (non-hydrogen) atoms. The highest BCUT2D eigenvalue weighted by Crippen LogP contribution is 2.64. The van der Waals surface area contributed by atoms with E-state index in [1.807, 2.05) is 12.1 Å². The molecule has 0 aliphatic heterocycles. The molecule has 0 saturated carbocycles.